The Labute approximate surface area is 112 Å². The van der Waals surface area contributed by atoms with Crippen LogP contribution in [0, 0.1) is 6.92 Å². The molecule has 0 fully saturated rings. The molecule has 0 aliphatic heterocycles. The maximum Gasteiger partial charge on any atom is 0.272 e. The van der Waals surface area contributed by atoms with Crippen LogP contribution < -0.4 is 5.32 Å². The molecule has 0 saturated carbocycles. The first-order valence-electron chi connectivity index (χ1n) is 5.85. The Balaban J connectivity index is 1.68. The summed E-state index contributed by atoms with van der Waals surface area (Å²) in [6.45, 7) is 2.02. The summed E-state index contributed by atoms with van der Waals surface area (Å²) in [7, 11) is 0. The number of hydrogen-bond donors (Lipinski definition) is 3. The van der Waals surface area contributed by atoms with E-state index < -0.39 is 0 Å². The van der Waals surface area contributed by atoms with Gasteiger partial charge in [0.1, 0.15) is 11.5 Å². The molecule has 3 heterocycles. The second kappa shape index (κ2) is 4.96. The fourth-order valence-corrected chi connectivity index (χ4v) is 1.65. The first kappa shape index (κ1) is 12.1. The zero-order valence-corrected chi connectivity index (χ0v) is 10.5. The van der Waals surface area contributed by atoms with Crippen molar-refractivity contribution in [3.63, 3.8) is 0 Å². The Morgan fingerprint density at radius 3 is 3.00 bits per heavy atom. The highest BCUT2D eigenvalue weighted by atomic mass is 16.3. The number of aromatic amines is 2. The predicted molar refractivity (Wildman–Crippen MR) is 66.4 cm³/mol. The van der Waals surface area contributed by atoms with Crippen LogP contribution in [0.15, 0.2) is 22.6 Å². The number of carbonyl (C=O) groups is 1. The largest absolute Gasteiger partial charge is 0.460 e. The molecular weight excluding hydrogens is 262 g/mol. The molecule has 9 heteroatoms. The van der Waals surface area contributed by atoms with Crippen LogP contribution in [-0.2, 0) is 6.54 Å². The lowest BCUT2D eigenvalue weighted by molar-refractivity contribution is 0.0945. The minimum atomic E-state index is -0.333. The number of aryl methyl sites for hydroxylation is 1. The lowest BCUT2D eigenvalue weighted by Crippen LogP contribution is -2.23. The second-order valence-corrected chi connectivity index (χ2v) is 4.09. The van der Waals surface area contributed by atoms with E-state index in [1.54, 1.807) is 6.07 Å². The van der Waals surface area contributed by atoms with Gasteiger partial charge in [-0.15, -0.1) is 10.2 Å². The van der Waals surface area contributed by atoms with E-state index in [9.17, 15) is 4.79 Å². The Hall–Kier alpha value is -2.97. The number of carbonyl (C=O) groups excluding carboxylic acids is 1. The number of nitrogens with one attached hydrogen (secondary N) is 3. The number of H-pyrrole nitrogens is 2. The summed E-state index contributed by atoms with van der Waals surface area (Å²) in [6, 6.07) is 5.26. The monoisotopic (exact) mass is 273 g/mol. The van der Waals surface area contributed by atoms with E-state index >= 15 is 0 Å². The van der Waals surface area contributed by atoms with Crippen molar-refractivity contribution in [2.75, 3.05) is 0 Å². The third kappa shape index (κ3) is 2.41. The van der Waals surface area contributed by atoms with E-state index in [1.807, 2.05) is 19.1 Å². The molecule has 0 unspecified atom stereocenters. The van der Waals surface area contributed by atoms with Crippen molar-refractivity contribution in [2.45, 2.75) is 13.5 Å². The number of rotatable bonds is 4. The topological polar surface area (TPSA) is 125 Å². The van der Waals surface area contributed by atoms with E-state index in [0.29, 0.717) is 17.3 Å². The van der Waals surface area contributed by atoms with Gasteiger partial charge in [0.2, 0.25) is 0 Å². The van der Waals surface area contributed by atoms with Gasteiger partial charge in [-0.05, 0) is 19.1 Å². The molecule has 102 valence electrons. The summed E-state index contributed by atoms with van der Waals surface area (Å²) in [5.74, 6) is 1.49. The van der Waals surface area contributed by atoms with Crippen molar-refractivity contribution in [1.82, 2.24) is 36.1 Å². The van der Waals surface area contributed by atoms with Gasteiger partial charge in [-0.1, -0.05) is 5.21 Å². The predicted octanol–water partition coefficient (Wildman–Crippen LogP) is 0.421. The van der Waals surface area contributed by atoms with Crippen LogP contribution in [0.4, 0.5) is 0 Å². The van der Waals surface area contributed by atoms with Crippen molar-refractivity contribution < 1.29 is 9.21 Å². The molecule has 3 aromatic heterocycles. The van der Waals surface area contributed by atoms with Crippen LogP contribution in [0.3, 0.4) is 0 Å². The quantitative estimate of drug-likeness (QED) is 0.632. The van der Waals surface area contributed by atoms with E-state index in [2.05, 4.69) is 36.1 Å². The second-order valence-electron chi connectivity index (χ2n) is 4.09. The van der Waals surface area contributed by atoms with E-state index in [4.69, 9.17) is 4.42 Å². The molecule has 0 aliphatic rings. The van der Waals surface area contributed by atoms with Gasteiger partial charge in [-0.3, -0.25) is 9.89 Å². The summed E-state index contributed by atoms with van der Waals surface area (Å²) in [5.41, 5.74) is 0.903. The van der Waals surface area contributed by atoms with Gasteiger partial charge in [0.25, 0.3) is 5.91 Å². The van der Waals surface area contributed by atoms with Crippen molar-refractivity contribution in [1.29, 1.82) is 0 Å². The van der Waals surface area contributed by atoms with Gasteiger partial charge in [0.15, 0.2) is 17.3 Å². The molecule has 0 spiro atoms. The first-order valence-corrected chi connectivity index (χ1v) is 5.85. The van der Waals surface area contributed by atoms with E-state index in [0.717, 1.165) is 5.76 Å². The third-order valence-electron chi connectivity index (χ3n) is 2.61. The number of furan rings is 1. The molecular formula is C11H11N7O2. The molecule has 0 aliphatic carbocycles. The molecule has 9 nitrogen and oxygen atoms in total. The van der Waals surface area contributed by atoms with Crippen molar-refractivity contribution in [3.8, 4) is 11.5 Å². The third-order valence-corrected chi connectivity index (χ3v) is 2.61. The van der Waals surface area contributed by atoms with Crippen LogP contribution in [-0.4, -0.2) is 36.7 Å². The molecule has 1 amide bonds. The van der Waals surface area contributed by atoms with Crippen LogP contribution in [0.5, 0.6) is 0 Å². The highest BCUT2D eigenvalue weighted by Gasteiger charge is 2.13. The highest BCUT2D eigenvalue weighted by Crippen LogP contribution is 2.20. The van der Waals surface area contributed by atoms with Gasteiger partial charge in [0, 0.05) is 6.07 Å². The zero-order chi connectivity index (χ0) is 13.9. The molecule has 3 aromatic rings. The Bertz CT molecular complexity index is 713. The van der Waals surface area contributed by atoms with Crippen LogP contribution in [0.2, 0.25) is 0 Å². The Kier molecular flexibility index (Phi) is 2.99. The van der Waals surface area contributed by atoms with Crippen LogP contribution in [0.1, 0.15) is 22.1 Å². The SMILES string of the molecule is Cc1ccc(-c2cc(C(=O)NCc3nn[nH]n3)n[nH]2)o1. The van der Waals surface area contributed by atoms with Gasteiger partial charge >= 0.3 is 0 Å². The zero-order valence-electron chi connectivity index (χ0n) is 10.5. The van der Waals surface area contributed by atoms with Crippen molar-refractivity contribution in [3.05, 3.63) is 35.5 Å². The summed E-state index contributed by atoms with van der Waals surface area (Å²) in [4.78, 5) is 11.9. The van der Waals surface area contributed by atoms with Gasteiger partial charge in [0.05, 0.1) is 6.54 Å². The number of hydrogen-bond acceptors (Lipinski definition) is 6. The van der Waals surface area contributed by atoms with E-state index in [1.165, 1.54) is 0 Å². The summed E-state index contributed by atoms with van der Waals surface area (Å²) >= 11 is 0. The standard InChI is InChI=1S/C11H11N7O2/c1-6-2-3-9(20-6)7-4-8(14-13-7)11(19)12-5-10-15-17-18-16-10/h2-4H,5H2,1H3,(H,12,19)(H,13,14)(H,15,16,17,18). The highest BCUT2D eigenvalue weighted by molar-refractivity contribution is 5.93. The van der Waals surface area contributed by atoms with Crippen molar-refractivity contribution >= 4 is 5.91 Å². The first-order chi connectivity index (χ1) is 9.72. The average molecular weight is 273 g/mol. The minimum absolute atomic E-state index is 0.178. The molecule has 0 aromatic carbocycles. The molecule has 3 rings (SSSR count). The molecule has 0 bridgehead atoms. The smallest absolute Gasteiger partial charge is 0.272 e. The van der Waals surface area contributed by atoms with Crippen LogP contribution >= 0.6 is 0 Å². The van der Waals surface area contributed by atoms with Gasteiger partial charge < -0.3 is 9.73 Å². The van der Waals surface area contributed by atoms with Crippen molar-refractivity contribution in [2.24, 2.45) is 0 Å². The summed E-state index contributed by atoms with van der Waals surface area (Å²) < 4.78 is 5.45. The minimum Gasteiger partial charge on any atom is -0.460 e. The lowest BCUT2D eigenvalue weighted by atomic mass is 10.3. The molecule has 0 atom stereocenters. The molecule has 0 radical (unpaired) electrons. The number of amides is 1. The maximum absolute atomic E-state index is 11.9. The summed E-state index contributed by atoms with van der Waals surface area (Å²) in [6.07, 6.45) is 0. The van der Waals surface area contributed by atoms with Gasteiger partial charge in [-0.25, -0.2) is 0 Å². The van der Waals surface area contributed by atoms with Crippen LogP contribution in [0.25, 0.3) is 11.5 Å². The average Bonchev–Trinajstić information content (AvgIpc) is 3.16. The molecule has 20 heavy (non-hydrogen) atoms. The fraction of sp³-hybridized carbons (Fsp3) is 0.182. The van der Waals surface area contributed by atoms with E-state index in [-0.39, 0.29) is 18.1 Å². The molecule has 3 N–H and O–H groups in total. The number of tetrazole rings is 1. The Morgan fingerprint density at radius 2 is 2.30 bits per heavy atom. The molecule has 0 saturated heterocycles. The maximum atomic E-state index is 11.9. The Morgan fingerprint density at radius 1 is 1.40 bits per heavy atom. The number of aromatic nitrogens is 6. The normalized spacial score (nSPS) is 10.7. The fourth-order valence-electron chi connectivity index (χ4n) is 1.65. The van der Waals surface area contributed by atoms with Gasteiger partial charge in [-0.2, -0.15) is 10.3 Å². The number of nitrogens with zero attached hydrogens (tertiary/aromatic N) is 4. The summed E-state index contributed by atoms with van der Waals surface area (Å²) in [5, 5.41) is 22.5. The lowest BCUT2D eigenvalue weighted by Gasteiger charge is -1.97.